The summed E-state index contributed by atoms with van der Waals surface area (Å²) in [4.78, 5) is 79.5. The molecule has 1 aliphatic heterocycles. The summed E-state index contributed by atoms with van der Waals surface area (Å²) in [6.07, 6.45) is 3.00. The van der Waals surface area contributed by atoms with Gasteiger partial charge in [-0.05, 0) is 49.5 Å². The molecule has 242 valence electrons. The fourth-order valence-corrected chi connectivity index (χ4v) is 7.59. The maximum atomic E-state index is 14.3. The number of rotatable bonds is 6. The lowest BCUT2D eigenvalue weighted by Crippen LogP contribution is -2.39. The number of Topliss-reactive ketones (excluding diaryl/α,β-unsaturated/α-hetero) is 1. The van der Waals surface area contributed by atoms with Crippen molar-refractivity contribution in [3.05, 3.63) is 89.5 Å². The number of ketones is 2. The third kappa shape index (κ3) is 4.70. The minimum Gasteiger partial charge on any atom is -0.503 e. The topological polar surface area (TPSA) is 190 Å². The van der Waals surface area contributed by atoms with Gasteiger partial charge >= 0.3 is 11.4 Å². The molecule has 0 radical (unpaired) electrons. The number of nitrogens with zero attached hydrogens (tertiary/aromatic N) is 4. The molecule has 0 saturated carbocycles. The number of carbonyl (C=O) groups excluding carboxylic acids is 4. The van der Waals surface area contributed by atoms with Crippen molar-refractivity contribution in [1.29, 1.82) is 0 Å². The van der Waals surface area contributed by atoms with Crippen molar-refractivity contribution in [2.24, 2.45) is 17.8 Å². The Bertz CT molecular complexity index is 1930. The Labute approximate surface area is 271 Å². The number of anilines is 2. The number of ether oxygens (including phenoxy) is 1. The Morgan fingerprint density at radius 2 is 1.64 bits per heavy atom. The van der Waals surface area contributed by atoms with Gasteiger partial charge < -0.3 is 14.7 Å². The normalized spacial score (nSPS) is 23.6. The first-order chi connectivity index (χ1) is 22.2. The predicted molar refractivity (Wildman–Crippen MR) is 168 cm³/mol. The number of aromatic hydroxyl groups is 1. The standard InChI is InChI=1S/C32H27ClN4O10/c1-13-7-23(38)19-12-18-16(25(27(19)29(13)39)14-8-20(33)30(40)24(9-14)47-4)5-6-17-26(18)32(42)35(31(17)41)15-10-21(36(43)44)28(34(2)3)22(11-15)37(45)46/h5,7-11,17-18,25-26,40H,6,12H2,1-4H3. The van der Waals surface area contributed by atoms with Crippen molar-refractivity contribution >= 4 is 57.7 Å². The van der Waals surface area contributed by atoms with E-state index in [1.807, 2.05) is 0 Å². The zero-order valence-electron chi connectivity index (χ0n) is 25.5. The van der Waals surface area contributed by atoms with Crippen LogP contribution in [-0.2, 0) is 19.2 Å². The number of benzene rings is 2. The molecule has 14 nitrogen and oxygen atoms in total. The average Bonchev–Trinajstić information content (AvgIpc) is 3.28. The number of methoxy groups -OCH3 is 1. The summed E-state index contributed by atoms with van der Waals surface area (Å²) in [5.74, 6) is -6.13. The molecule has 0 spiro atoms. The molecule has 6 rings (SSSR count). The van der Waals surface area contributed by atoms with E-state index in [2.05, 4.69) is 0 Å². The molecule has 1 fully saturated rings. The Morgan fingerprint density at radius 1 is 1.00 bits per heavy atom. The quantitative estimate of drug-likeness (QED) is 0.150. The van der Waals surface area contributed by atoms with Gasteiger partial charge in [0.2, 0.25) is 11.8 Å². The summed E-state index contributed by atoms with van der Waals surface area (Å²) in [5.41, 5.74) is -0.313. The van der Waals surface area contributed by atoms with Crippen LogP contribution in [0.3, 0.4) is 0 Å². The summed E-state index contributed by atoms with van der Waals surface area (Å²) < 4.78 is 5.30. The SMILES string of the molecule is COc1cc(C2C3=CCC4C(=O)N(c5cc([N+](=O)[O-])c(N(C)C)c([N+](=O)[O-])c5)C(=O)C4C3CC3=C2C(=O)C(C)=CC3=O)cc(Cl)c1O. The smallest absolute Gasteiger partial charge is 0.301 e. The van der Waals surface area contributed by atoms with Crippen molar-refractivity contribution in [3.63, 3.8) is 0 Å². The number of phenolic OH excluding ortho intramolecular Hbond substituents is 1. The van der Waals surface area contributed by atoms with Crippen LogP contribution in [-0.4, -0.2) is 59.5 Å². The second-order valence-electron chi connectivity index (χ2n) is 12.0. The Hall–Kier alpha value is -5.37. The summed E-state index contributed by atoms with van der Waals surface area (Å²) in [5, 5.41) is 34.3. The molecule has 1 heterocycles. The Balaban J connectivity index is 1.50. The van der Waals surface area contributed by atoms with Crippen LogP contribution in [0, 0.1) is 38.0 Å². The van der Waals surface area contributed by atoms with Gasteiger partial charge in [-0.25, -0.2) is 4.90 Å². The highest BCUT2D eigenvalue weighted by molar-refractivity contribution is 6.32. The van der Waals surface area contributed by atoms with E-state index >= 15 is 0 Å². The minimum atomic E-state index is -1.05. The number of hydrogen-bond donors (Lipinski definition) is 1. The van der Waals surface area contributed by atoms with Crippen LogP contribution >= 0.6 is 11.6 Å². The number of imide groups is 1. The third-order valence-corrected chi connectivity index (χ3v) is 9.61. The first-order valence-corrected chi connectivity index (χ1v) is 14.8. The molecule has 15 heteroatoms. The van der Waals surface area contributed by atoms with Gasteiger partial charge in [0, 0.05) is 48.9 Å². The van der Waals surface area contributed by atoms with Crippen molar-refractivity contribution in [3.8, 4) is 11.5 Å². The maximum Gasteiger partial charge on any atom is 0.301 e. The van der Waals surface area contributed by atoms with Crippen molar-refractivity contribution in [2.75, 3.05) is 31.0 Å². The van der Waals surface area contributed by atoms with Crippen LogP contribution in [0.25, 0.3) is 0 Å². The molecule has 2 amide bonds. The highest BCUT2D eigenvalue weighted by Gasteiger charge is 2.57. The number of phenols is 1. The number of hydrogen-bond acceptors (Lipinski definition) is 11. The molecule has 0 aromatic heterocycles. The van der Waals surface area contributed by atoms with Crippen molar-refractivity contribution in [1.82, 2.24) is 0 Å². The molecule has 2 aromatic rings. The first-order valence-electron chi connectivity index (χ1n) is 14.5. The Kier molecular flexibility index (Phi) is 7.50. The number of nitro groups is 2. The van der Waals surface area contributed by atoms with E-state index in [9.17, 15) is 44.5 Å². The molecule has 2 aromatic carbocycles. The third-order valence-electron chi connectivity index (χ3n) is 9.32. The monoisotopic (exact) mass is 662 g/mol. The lowest BCUT2D eigenvalue weighted by atomic mass is 9.59. The molecular weight excluding hydrogens is 636 g/mol. The molecule has 1 N–H and O–H groups in total. The number of halogens is 1. The second-order valence-corrected chi connectivity index (χ2v) is 12.4. The van der Waals surface area contributed by atoms with Crippen LogP contribution in [0.15, 0.2) is 58.7 Å². The average molecular weight is 663 g/mol. The summed E-state index contributed by atoms with van der Waals surface area (Å²) in [6, 6.07) is 4.88. The Morgan fingerprint density at radius 3 is 2.21 bits per heavy atom. The zero-order chi connectivity index (χ0) is 34.2. The van der Waals surface area contributed by atoms with Crippen LogP contribution < -0.4 is 14.5 Å². The fourth-order valence-electron chi connectivity index (χ4n) is 7.37. The molecule has 1 saturated heterocycles. The molecular formula is C32H27ClN4O10. The summed E-state index contributed by atoms with van der Waals surface area (Å²) >= 11 is 6.35. The van der Waals surface area contributed by atoms with Gasteiger partial charge in [0.05, 0.1) is 39.5 Å². The van der Waals surface area contributed by atoms with Gasteiger partial charge in [-0.3, -0.25) is 39.4 Å². The lowest BCUT2D eigenvalue weighted by molar-refractivity contribution is -0.392. The molecule has 4 aliphatic rings. The molecule has 4 unspecified atom stereocenters. The van der Waals surface area contributed by atoms with E-state index < -0.39 is 62.5 Å². The van der Waals surface area contributed by atoms with E-state index in [0.29, 0.717) is 11.1 Å². The van der Waals surface area contributed by atoms with E-state index in [1.54, 1.807) is 6.08 Å². The van der Waals surface area contributed by atoms with E-state index in [0.717, 1.165) is 17.0 Å². The summed E-state index contributed by atoms with van der Waals surface area (Å²) in [7, 11) is 4.12. The fraction of sp³-hybridized carbons (Fsp3) is 0.312. The number of amides is 2. The summed E-state index contributed by atoms with van der Waals surface area (Å²) in [6.45, 7) is 1.53. The number of nitro benzene ring substituents is 2. The van der Waals surface area contributed by atoms with Gasteiger partial charge in [0.15, 0.2) is 28.8 Å². The lowest BCUT2D eigenvalue weighted by Gasteiger charge is -2.42. The van der Waals surface area contributed by atoms with Crippen molar-refractivity contribution in [2.45, 2.75) is 25.7 Å². The van der Waals surface area contributed by atoms with E-state index in [4.69, 9.17) is 16.3 Å². The van der Waals surface area contributed by atoms with Crippen LogP contribution in [0.5, 0.6) is 11.5 Å². The minimum absolute atomic E-state index is 0.0237. The van der Waals surface area contributed by atoms with Gasteiger partial charge in [0.1, 0.15) is 0 Å². The molecule has 0 bridgehead atoms. The highest BCUT2D eigenvalue weighted by atomic mass is 35.5. The number of allylic oxidation sites excluding steroid dienone is 6. The molecule has 4 atom stereocenters. The zero-order valence-corrected chi connectivity index (χ0v) is 26.2. The highest BCUT2D eigenvalue weighted by Crippen LogP contribution is 2.56. The molecule has 47 heavy (non-hydrogen) atoms. The predicted octanol–water partition coefficient (Wildman–Crippen LogP) is 4.57. The largest absolute Gasteiger partial charge is 0.503 e. The van der Waals surface area contributed by atoms with Gasteiger partial charge in [0.25, 0.3) is 0 Å². The maximum absolute atomic E-state index is 14.3. The van der Waals surface area contributed by atoms with Gasteiger partial charge in [-0.15, -0.1) is 0 Å². The van der Waals surface area contributed by atoms with Crippen LogP contribution in [0.4, 0.5) is 22.7 Å². The van der Waals surface area contributed by atoms with Crippen molar-refractivity contribution < 1.29 is 38.9 Å². The first kappa shape index (κ1) is 31.6. The van der Waals surface area contributed by atoms with Crippen LogP contribution in [0.2, 0.25) is 5.02 Å². The van der Waals surface area contributed by atoms with E-state index in [1.165, 1.54) is 51.2 Å². The molecule has 3 aliphatic carbocycles. The number of carbonyl (C=O) groups is 4. The second kappa shape index (κ2) is 11.2. The van der Waals surface area contributed by atoms with Crippen LogP contribution in [0.1, 0.15) is 31.2 Å². The van der Waals surface area contributed by atoms with E-state index in [-0.39, 0.29) is 63.2 Å². The van der Waals surface area contributed by atoms with Gasteiger partial charge in [-0.2, -0.15) is 0 Å². The van der Waals surface area contributed by atoms with Gasteiger partial charge in [-0.1, -0.05) is 23.3 Å². The number of fused-ring (bicyclic) bond motifs is 3.